The molecule has 3 fully saturated rings. The number of carboxylic acid groups (broad SMARTS) is 1. The molecule has 1 saturated heterocycles. The predicted molar refractivity (Wildman–Crippen MR) is 122 cm³/mol. The fourth-order valence-corrected chi connectivity index (χ4v) is 5.57. The number of allylic oxidation sites excluding steroid dienone is 2. The highest BCUT2D eigenvalue weighted by atomic mass is 19.3. The molecule has 0 aromatic heterocycles. The minimum atomic E-state index is -3.13. The smallest absolute Gasteiger partial charge is 0.303 e. The number of rotatable bonds is 12. The predicted octanol–water partition coefficient (Wildman–Crippen LogP) is 5.87. The molecule has 0 aromatic rings. The molecule has 2 N–H and O–H groups in total. The summed E-state index contributed by atoms with van der Waals surface area (Å²) in [7, 11) is 0. The third-order valence-corrected chi connectivity index (χ3v) is 7.39. The summed E-state index contributed by atoms with van der Waals surface area (Å²) < 4.78 is 40.7. The van der Waals surface area contributed by atoms with Crippen molar-refractivity contribution in [3.63, 3.8) is 0 Å². The van der Waals surface area contributed by atoms with Crippen molar-refractivity contribution in [3.8, 4) is 0 Å². The summed E-state index contributed by atoms with van der Waals surface area (Å²) >= 11 is 0. The van der Waals surface area contributed by atoms with Gasteiger partial charge in [-0.05, 0) is 69.6 Å². The van der Waals surface area contributed by atoms with E-state index in [1.54, 1.807) is 6.08 Å². The fraction of sp³-hybridized carbons (Fsp3) is 0.808. The summed E-state index contributed by atoms with van der Waals surface area (Å²) in [6.45, 7) is 2.55. The van der Waals surface area contributed by atoms with Crippen LogP contribution in [0.2, 0.25) is 0 Å². The van der Waals surface area contributed by atoms with E-state index < -0.39 is 18.0 Å². The highest BCUT2D eigenvalue weighted by Crippen LogP contribution is 2.52. The van der Waals surface area contributed by atoms with Gasteiger partial charge in [-0.25, -0.2) is 8.78 Å². The van der Waals surface area contributed by atoms with Crippen molar-refractivity contribution in [1.82, 2.24) is 0 Å². The van der Waals surface area contributed by atoms with Gasteiger partial charge >= 0.3 is 5.97 Å². The largest absolute Gasteiger partial charge is 0.481 e. The number of aliphatic hydroxyl groups is 1. The summed E-state index contributed by atoms with van der Waals surface area (Å²) in [5, 5.41) is 19.0. The Kier molecular flexibility index (Phi) is 9.89. The Balaban J connectivity index is 1.66. The Morgan fingerprint density at radius 3 is 2.82 bits per heavy atom. The number of alkyl halides is 2. The van der Waals surface area contributed by atoms with Gasteiger partial charge in [0, 0.05) is 25.4 Å². The van der Waals surface area contributed by atoms with Crippen LogP contribution in [0.5, 0.6) is 0 Å². The summed E-state index contributed by atoms with van der Waals surface area (Å²) in [4.78, 5) is 10.7. The van der Waals surface area contributed by atoms with Crippen molar-refractivity contribution in [3.05, 3.63) is 23.8 Å². The van der Waals surface area contributed by atoms with E-state index in [2.05, 4.69) is 6.08 Å². The van der Waals surface area contributed by atoms with E-state index in [4.69, 9.17) is 14.6 Å². The Bertz CT molecular complexity index is 686. The van der Waals surface area contributed by atoms with Gasteiger partial charge in [-0.15, -0.1) is 0 Å². The lowest BCUT2D eigenvalue weighted by molar-refractivity contribution is -0.193. The van der Waals surface area contributed by atoms with Crippen LogP contribution in [0.3, 0.4) is 0 Å². The first kappa shape index (κ1) is 26.3. The number of hydrogen-bond acceptors (Lipinski definition) is 4. The molecule has 0 bridgehead atoms. The molecule has 188 valence electrons. The van der Waals surface area contributed by atoms with Crippen molar-refractivity contribution in [2.75, 3.05) is 6.61 Å². The van der Waals surface area contributed by atoms with Crippen molar-refractivity contribution >= 4 is 5.97 Å². The second-order valence-corrected chi connectivity index (χ2v) is 9.96. The number of carbonyl (C=O) groups is 1. The maximum atomic E-state index is 14.3. The molecule has 33 heavy (non-hydrogen) atoms. The Morgan fingerprint density at radius 1 is 1.30 bits per heavy atom. The van der Waals surface area contributed by atoms with Crippen molar-refractivity contribution < 1.29 is 33.3 Å². The quantitative estimate of drug-likeness (QED) is 0.276. The average Bonchev–Trinajstić information content (AvgIpc) is 3.31. The molecule has 2 unspecified atom stereocenters. The van der Waals surface area contributed by atoms with Gasteiger partial charge in [0.2, 0.25) is 0 Å². The van der Waals surface area contributed by atoms with Crippen LogP contribution in [0, 0.1) is 17.8 Å². The molecular weight excluding hydrogens is 430 g/mol. The molecule has 0 amide bonds. The Morgan fingerprint density at radius 2 is 2.12 bits per heavy atom. The van der Waals surface area contributed by atoms with E-state index in [0.29, 0.717) is 31.8 Å². The molecule has 5 nitrogen and oxygen atoms in total. The topological polar surface area (TPSA) is 76.0 Å². The SMILES string of the molecule is CCCCC(F)(F)C(O)/C=C/[C@H]1[C@H]2C/C(=C/CCCC(=O)O)C[C@H]2C[C@H]1OC1CCCCO1. The minimum absolute atomic E-state index is 0.0397. The van der Waals surface area contributed by atoms with E-state index in [1.807, 2.05) is 6.92 Å². The van der Waals surface area contributed by atoms with Crippen LogP contribution in [-0.2, 0) is 14.3 Å². The lowest BCUT2D eigenvalue weighted by Gasteiger charge is -2.29. The highest BCUT2D eigenvalue weighted by Gasteiger charge is 2.47. The fourth-order valence-electron chi connectivity index (χ4n) is 5.57. The van der Waals surface area contributed by atoms with Crippen molar-refractivity contribution in [1.29, 1.82) is 0 Å². The molecule has 0 radical (unpaired) electrons. The van der Waals surface area contributed by atoms with Gasteiger partial charge in [0.05, 0.1) is 6.10 Å². The second kappa shape index (κ2) is 12.4. The number of halogens is 2. The summed E-state index contributed by atoms with van der Waals surface area (Å²) in [5.74, 6) is -3.24. The number of aliphatic carboxylic acids is 1. The highest BCUT2D eigenvalue weighted by molar-refractivity contribution is 5.66. The first-order chi connectivity index (χ1) is 15.8. The van der Waals surface area contributed by atoms with Crippen molar-refractivity contribution in [2.45, 2.75) is 108 Å². The van der Waals surface area contributed by atoms with Gasteiger partial charge in [-0.2, -0.15) is 0 Å². The van der Waals surface area contributed by atoms with Crippen LogP contribution in [0.4, 0.5) is 8.78 Å². The molecule has 3 rings (SSSR count). The zero-order valence-corrected chi connectivity index (χ0v) is 19.8. The monoisotopic (exact) mass is 470 g/mol. The van der Waals surface area contributed by atoms with Crippen LogP contribution in [0.1, 0.15) is 84.0 Å². The van der Waals surface area contributed by atoms with Crippen molar-refractivity contribution in [2.24, 2.45) is 17.8 Å². The molecule has 6 atom stereocenters. The molecule has 2 saturated carbocycles. The molecule has 1 aliphatic heterocycles. The maximum absolute atomic E-state index is 14.3. The van der Waals surface area contributed by atoms with Gasteiger partial charge < -0.3 is 19.7 Å². The van der Waals surface area contributed by atoms with E-state index >= 15 is 0 Å². The Hall–Kier alpha value is -1.31. The van der Waals surface area contributed by atoms with E-state index in [0.717, 1.165) is 44.9 Å². The minimum Gasteiger partial charge on any atom is -0.481 e. The number of aliphatic hydroxyl groups excluding tert-OH is 1. The van der Waals surface area contributed by atoms with Gasteiger partial charge in [0.1, 0.15) is 6.10 Å². The van der Waals surface area contributed by atoms with Gasteiger partial charge in [-0.3, -0.25) is 4.79 Å². The van der Waals surface area contributed by atoms with E-state index in [9.17, 15) is 18.7 Å². The van der Waals surface area contributed by atoms with E-state index in [1.165, 1.54) is 11.6 Å². The lowest BCUT2D eigenvalue weighted by Crippen LogP contribution is -2.33. The molecule has 1 heterocycles. The number of carboxylic acids is 1. The van der Waals surface area contributed by atoms with Crippen LogP contribution < -0.4 is 0 Å². The van der Waals surface area contributed by atoms with Gasteiger partial charge in [0.15, 0.2) is 6.29 Å². The van der Waals surface area contributed by atoms with E-state index in [-0.39, 0.29) is 37.1 Å². The first-order valence-corrected chi connectivity index (χ1v) is 12.7. The zero-order chi connectivity index (χ0) is 23.8. The molecule has 3 aliphatic rings. The Labute approximate surface area is 196 Å². The molecule has 0 spiro atoms. The van der Waals surface area contributed by atoms with Gasteiger partial charge in [-0.1, -0.05) is 37.1 Å². The summed E-state index contributed by atoms with van der Waals surface area (Å²) in [5.41, 5.74) is 1.33. The average molecular weight is 471 g/mol. The van der Waals surface area contributed by atoms with Gasteiger partial charge in [0.25, 0.3) is 5.92 Å². The van der Waals surface area contributed by atoms with Crippen LogP contribution in [-0.4, -0.2) is 47.2 Å². The third kappa shape index (κ3) is 7.59. The number of fused-ring (bicyclic) bond motifs is 1. The zero-order valence-electron chi connectivity index (χ0n) is 19.8. The first-order valence-electron chi connectivity index (χ1n) is 12.7. The molecule has 7 heteroatoms. The van der Waals surface area contributed by atoms with Crippen LogP contribution >= 0.6 is 0 Å². The maximum Gasteiger partial charge on any atom is 0.303 e. The number of hydrogen-bond donors (Lipinski definition) is 2. The van der Waals surface area contributed by atoms with Crippen LogP contribution in [0.25, 0.3) is 0 Å². The normalized spacial score (nSPS) is 32.5. The molecular formula is C26H40F2O5. The number of unbranched alkanes of at least 4 members (excludes halogenated alkanes) is 2. The second-order valence-electron chi connectivity index (χ2n) is 9.96. The molecule has 2 aliphatic carbocycles. The van der Waals surface area contributed by atoms with Crippen LogP contribution in [0.15, 0.2) is 23.8 Å². The lowest BCUT2D eigenvalue weighted by atomic mass is 9.89. The summed E-state index contributed by atoms with van der Waals surface area (Å²) in [6, 6.07) is 0. The summed E-state index contributed by atoms with van der Waals surface area (Å²) in [6.07, 6.45) is 11.0. The molecule has 0 aromatic carbocycles. The number of ether oxygens (including phenoxy) is 2. The standard InChI is InChI=1S/C26H40F2O5/c1-2-3-13-26(27,28)23(29)12-11-20-21-16-18(8-4-5-9-24(30)31)15-19(21)17-22(20)33-25-10-6-7-14-32-25/h8,11-12,19-23,25,29H,2-7,9-10,13-17H2,1H3,(H,30,31)/b12-11+,18-8+/t19-,20-,21-,22+,23?,25?/m0/s1. The third-order valence-electron chi connectivity index (χ3n) is 7.39.